The quantitative estimate of drug-likeness (QED) is 0.801. The topological polar surface area (TPSA) is 64.6 Å². The lowest BCUT2D eigenvalue weighted by Gasteiger charge is -2.32. The largest absolute Gasteiger partial charge is 0.477 e. The first-order chi connectivity index (χ1) is 11.7. The van der Waals surface area contributed by atoms with Crippen molar-refractivity contribution in [3.8, 4) is 11.8 Å². The Morgan fingerprint density at radius 3 is 2.83 bits per heavy atom. The molecule has 1 unspecified atom stereocenters. The number of carbonyl (C=O) groups excluding carboxylic acids is 1. The second-order valence-corrected chi connectivity index (χ2v) is 6.43. The number of benzene rings is 1. The summed E-state index contributed by atoms with van der Waals surface area (Å²) in [6.07, 6.45) is 4.73. The molecule has 2 aromatic rings. The first-order valence-corrected chi connectivity index (χ1v) is 8.53. The molecular weight excluding hydrogens is 374 g/mol. The van der Waals surface area contributed by atoms with Gasteiger partial charge in [-0.05, 0) is 31.0 Å². The van der Waals surface area contributed by atoms with Gasteiger partial charge in [0.25, 0.3) is 17.7 Å². The van der Waals surface area contributed by atoms with Crippen molar-refractivity contribution >= 4 is 21.8 Å². The maximum absolute atomic E-state index is 12.7. The first-order valence-electron chi connectivity index (χ1n) is 7.74. The third-order valence-corrected chi connectivity index (χ3v) is 4.34. The monoisotopic (exact) mass is 391 g/mol. The SMILES string of the molecule is COc1nccnc1OC1CCCN(C(=O)c2cccc(Br)c2)C1. The molecule has 24 heavy (non-hydrogen) atoms. The lowest BCUT2D eigenvalue weighted by atomic mass is 10.1. The molecule has 1 aromatic heterocycles. The summed E-state index contributed by atoms with van der Waals surface area (Å²) in [5.41, 5.74) is 0.669. The van der Waals surface area contributed by atoms with Gasteiger partial charge in [0.1, 0.15) is 6.10 Å². The Balaban J connectivity index is 1.69. The minimum absolute atomic E-state index is 0.00992. The van der Waals surface area contributed by atoms with Crippen molar-refractivity contribution < 1.29 is 14.3 Å². The Hall–Kier alpha value is -2.15. The van der Waals surface area contributed by atoms with Crippen LogP contribution in [0.4, 0.5) is 0 Å². The van der Waals surface area contributed by atoms with Crippen molar-refractivity contribution in [2.45, 2.75) is 18.9 Å². The van der Waals surface area contributed by atoms with E-state index in [0.29, 0.717) is 23.9 Å². The van der Waals surface area contributed by atoms with Crippen molar-refractivity contribution in [1.82, 2.24) is 14.9 Å². The molecule has 2 heterocycles. The number of piperidine rings is 1. The summed E-state index contributed by atoms with van der Waals surface area (Å²) in [5, 5.41) is 0. The number of aromatic nitrogens is 2. The Morgan fingerprint density at radius 1 is 1.29 bits per heavy atom. The molecule has 0 bridgehead atoms. The molecule has 1 aromatic carbocycles. The molecule has 6 nitrogen and oxygen atoms in total. The standard InChI is InChI=1S/C17H18BrN3O3/c1-23-15-16(20-8-7-19-15)24-14-6-3-9-21(11-14)17(22)12-4-2-5-13(18)10-12/h2,4-5,7-8,10,14H,3,6,9,11H2,1H3. The third kappa shape index (κ3) is 3.84. The van der Waals surface area contributed by atoms with Gasteiger partial charge in [-0.2, -0.15) is 0 Å². The second kappa shape index (κ2) is 7.61. The van der Waals surface area contributed by atoms with Crippen LogP contribution in [0.2, 0.25) is 0 Å². The third-order valence-electron chi connectivity index (χ3n) is 3.84. The van der Waals surface area contributed by atoms with Crippen molar-refractivity contribution in [3.05, 3.63) is 46.7 Å². The minimum atomic E-state index is -0.125. The summed E-state index contributed by atoms with van der Waals surface area (Å²) >= 11 is 3.40. The van der Waals surface area contributed by atoms with Gasteiger partial charge >= 0.3 is 0 Å². The van der Waals surface area contributed by atoms with E-state index in [1.165, 1.54) is 7.11 Å². The van der Waals surface area contributed by atoms with Gasteiger partial charge < -0.3 is 14.4 Å². The normalized spacial score (nSPS) is 17.4. The molecule has 1 aliphatic heterocycles. The molecule has 126 valence electrons. The van der Waals surface area contributed by atoms with E-state index in [4.69, 9.17) is 9.47 Å². The maximum Gasteiger partial charge on any atom is 0.278 e. The molecule has 0 saturated carbocycles. The Morgan fingerprint density at radius 2 is 2.08 bits per heavy atom. The molecule has 1 fully saturated rings. The van der Waals surface area contributed by atoms with Gasteiger partial charge in [0.15, 0.2) is 0 Å². The van der Waals surface area contributed by atoms with Gasteiger partial charge in [-0.3, -0.25) is 4.79 Å². The molecule has 0 spiro atoms. The van der Waals surface area contributed by atoms with Crippen LogP contribution in [0.1, 0.15) is 23.2 Å². The Kier molecular flexibility index (Phi) is 5.30. The summed E-state index contributed by atoms with van der Waals surface area (Å²) in [5.74, 6) is 0.727. The molecular formula is C17H18BrN3O3. The summed E-state index contributed by atoms with van der Waals surface area (Å²) in [4.78, 5) is 22.7. The lowest BCUT2D eigenvalue weighted by Crippen LogP contribution is -2.44. The zero-order valence-corrected chi connectivity index (χ0v) is 14.9. The highest BCUT2D eigenvalue weighted by Gasteiger charge is 2.27. The number of hydrogen-bond donors (Lipinski definition) is 0. The smallest absolute Gasteiger partial charge is 0.278 e. The van der Waals surface area contributed by atoms with Crippen LogP contribution in [-0.2, 0) is 0 Å². The highest BCUT2D eigenvalue weighted by Crippen LogP contribution is 2.24. The van der Waals surface area contributed by atoms with Gasteiger partial charge in [-0.1, -0.05) is 22.0 Å². The van der Waals surface area contributed by atoms with Crippen LogP contribution in [0.15, 0.2) is 41.1 Å². The van der Waals surface area contributed by atoms with E-state index in [0.717, 1.165) is 23.9 Å². The molecule has 0 N–H and O–H groups in total. The predicted molar refractivity (Wildman–Crippen MR) is 92.3 cm³/mol. The van der Waals surface area contributed by atoms with Gasteiger partial charge in [-0.25, -0.2) is 9.97 Å². The molecule has 1 saturated heterocycles. The fraction of sp³-hybridized carbons (Fsp3) is 0.353. The average molecular weight is 392 g/mol. The van der Waals surface area contributed by atoms with Crippen LogP contribution in [0.5, 0.6) is 11.8 Å². The molecule has 1 aliphatic rings. The van der Waals surface area contributed by atoms with Gasteiger partial charge in [0.05, 0.1) is 13.7 Å². The van der Waals surface area contributed by atoms with E-state index >= 15 is 0 Å². The Labute approximate surface area is 148 Å². The zero-order valence-electron chi connectivity index (χ0n) is 13.3. The van der Waals surface area contributed by atoms with Crippen molar-refractivity contribution in [2.75, 3.05) is 20.2 Å². The number of methoxy groups -OCH3 is 1. The number of amides is 1. The highest BCUT2D eigenvalue weighted by atomic mass is 79.9. The lowest BCUT2D eigenvalue weighted by molar-refractivity contribution is 0.0519. The van der Waals surface area contributed by atoms with E-state index < -0.39 is 0 Å². The van der Waals surface area contributed by atoms with Crippen LogP contribution in [0, 0.1) is 0 Å². The van der Waals surface area contributed by atoms with Crippen molar-refractivity contribution in [3.63, 3.8) is 0 Å². The van der Waals surface area contributed by atoms with E-state index in [1.807, 2.05) is 29.2 Å². The van der Waals surface area contributed by atoms with E-state index in [1.54, 1.807) is 12.4 Å². The summed E-state index contributed by atoms with van der Waals surface area (Å²) in [6, 6.07) is 7.42. The fourth-order valence-electron chi connectivity index (χ4n) is 2.71. The van der Waals surface area contributed by atoms with Gasteiger partial charge in [-0.15, -0.1) is 0 Å². The summed E-state index contributed by atoms with van der Waals surface area (Å²) in [7, 11) is 1.53. The number of nitrogens with zero attached hydrogens (tertiary/aromatic N) is 3. The minimum Gasteiger partial charge on any atom is -0.477 e. The van der Waals surface area contributed by atoms with Gasteiger partial charge in [0, 0.05) is 29.0 Å². The van der Waals surface area contributed by atoms with Crippen LogP contribution < -0.4 is 9.47 Å². The molecule has 1 amide bonds. The van der Waals surface area contributed by atoms with Gasteiger partial charge in [0.2, 0.25) is 0 Å². The number of ether oxygens (including phenoxy) is 2. The highest BCUT2D eigenvalue weighted by molar-refractivity contribution is 9.10. The molecule has 0 radical (unpaired) electrons. The van der Waals surface area contributed by atoms with Crippen LogP contribution in [0.25, 0.3) is 0 Å². The van der Waals surface area contributed by atoms with Crippen LogP contribution >= 0.6 is 15.9 Å². The average Bonchev–Trinajstić information content (AvgIpc) is 2.62. The number of rotatable bonds is 4. The maximum atomic E-state index is 12.7. The van der Waals surface area contributed by atoms with Crippen molar-refractivity contribution in [1.29, 1.82) is 0 Å². The number of carbonyl (C=O) groups is 1. The number of halogens is 1. The van der Waals surface area contributed by atoms with Crippen molar-refractivity contribution in [2.24, 2.45) is 0 Å². The van der Waals surface area contributed by atoms with E-state index in [-0.39, 0.29) is 12.0 Å². The number of likely N-dealkylation sites (tertiary alicyclic amines) is 1. The second-order valence-electron chi connectivity index (χ2n) is 5.51. The Bertz CT molecular complexity index is 726. The summed E-state index contributed by atoms with van der Waals surface area (Å²) < 4.78 is 12.0. The van der Waals surface area contributed by atoms with Crippen LogP contribution in [0.3, 0.4) is 0 Å². The van der Waals surface area contributed by atoms with Crippen LogP contribution in [-0.4, -0.2) is 47.1 Å². The predicted octanol–water partition coefficient (Wildman–Crippen LogP) is 2.93. The number of hydrogen-bond acceptors (Lipinski definition) is 5. The molecule has 1 atom stereocenters. The van der Waals surface area contributed by atoms with E-state index in [2.05, 4.69) is 25.9 Å². The molecule has 0 aliphatic carbocycles. The zero-order chi connectivity index (χ0) is 16.9. The molecule has 3 rings (SSSR count). The summed E-state index contributed by atoms with van der Waals surface area (Å²) in [6.45, 7) is 1.24. The fourth-order valence-corrected chi connectivity index (χ4v) is 3.11. The first kappa shape index (κ1) is 16.7. The van der Waals surface area contributed by atoms with E-state index in [9.17, 15) is 4.79 Å². The molecule has 7 heteroatoms.